The third-order valence-corrected chi connectivity index (χ3v) is 6.30. The Kier molecular flexibility index (Phi) is 6.61. The van der Waals surface area contributed by atoms with Gasteiger partial charge in [-0.1, -0.05) is 18.2 Å². The van der Waals surface area contributed by atoms with Gasteiger partial charge in [0, 0.05) is 40.2 Å². The molecule has 3 aromatic carbocycles. The number of rotatable bonds is 5. The number of nitrogens with one attached hydrogen (secondary N) is 5. The summed E-state index contributed by atoms with van der Waals surface area (Å²) in [6.07, 6.45) is -0.941. The second kappa shape index (κ2) is 10.1. The summed E-state index contributed by atoms with van der Waals surface area (Å²) in [5.41, 5.74) is 4.89. The first-order chi connectivity index (χ1) is 18.6. The normalized spacial score (nSPS) is 13.7. The topological polar surface area (TPSA) is 98.0 Å². The van der Waals surface area contributed by atoms with Crippen LogP contribution in [0.3, 0.4) is 0 Å². The molecule has 0 bridgehead atoms. The van der Waals surface area contributed by atoms with Crippen molar-refractivity contribution in [2.45, 2.75) is 20.0 Å². The number of fused-ring (bicyclic) bond motifs is 1. The molecule has 1 aliphatic rings. The van der Waals surface area contributed by atoms with Gasteiger partial charge in [-0.15, -0.1) is 0 Å². The number of hydrogen-bond donors (Lipinski definition) is 5. The van der Waals surface area contributed by atoms with Crippen molar-refractivity contribution in [2.24, 2.45) is 0 Å². The molecule has 0 spiro atoms. The van der Waals surface area contributed by atoms with E-state index < -0.39 is 17.8 Å². The highest BCUT2D eigenvalue weighted by atomic mass is 19.4. The van der Waals surface area contributed by atoms with E-state index in [1.165, 1.54) is 19.1 Å². The van der Waals surface area contributed by atoms with E-state index in [1.807, 2.05) is 37.3 Å². The first kappa shape index (κ1) is 25.7. The average molecular weight is 532 g/mol. The smallest absolute Gasteiger partial charge is 0.362 e. The summed E-state index contributed by atoms with van der Waals surface area (Å²) < 4.78 is 39.6. The fourth-order valence-corrected chi connectivity index (χ4v) is 4.29. The molecular weight excluding hydrogens is 507 g/mol. The summed E-state index contributed by atoms with van der Waals surface area (Å²) in [7, 11) is 0. The molecule has 0 radical (unpaired) electrons. The van der Waals surface area contributed by atoms with Crippen LogP contribution in [0.5, 0.6) is 0 Å². The van der Waals surface area contributed by atoms with Crippen molar-refractivity contribution < 1.29 is 22.8 Å². The van der Waals surface area contributed by atoms with Crippen molar-refractivity contribution in [3.8, 4) is 0 Å². The maximum absolute atomic E-state index is 13.2. The lowest BCUT2D eigenvalue weighted by molar-refractivity contribution is -0.138. The van der Waals surface area contributed by atoms with Crippen molar-refractivity contribution >= 4 is 52.0 Å². The number of carbonyl (C=O) groups is 2. The van der Waals surface area contributed by atoms with Crippen molar-refractivity contribution in [1.82, 2.24) is 4.98 Å². The van der Waals surface area contributed by atoms with Gasteiger partial charge in [0.2, 0.25) is 0 Å². The van der Waals surface area contributed by atoms with Gasteiger partial charge in [0.1, 0.15) is 0 Å². The summed E-state index contributed by atoms with van der Waals surface area (Å²) in [6.45, 7) is 3.25. The second-order valence-corrected chi connectivity index (χ2v) is 9.16. The van der Waals surface area contributed by atoms with Crippen LogP contribution in [-0.4, -0.2) is 16.9 Å². The summed E-state index contributed by atoms with van der Waals surface area (Å²) in [4.78, 5) is 28.1. The zero-order valence-electron chi connectivity index (χ0n) is 21.0. The van der Waals surface area contributed by atoms with Crippen LogP contribution in [0.1, 0.15) is 27.9 Å². The summed E-state index contributed by atoms with van der Waals surface area (Å²) >= 11 is 0. The highest BCUT2D eigenvalue weighted by Gasteiger charge is 2.32. The van der Waals surface area contributed by atoms with E-state index in [0.717, 1.165) is 28.6 Å². The Morgan fingerprint density at radius 2 is 1.56 bits per heavy atom. The number of carbonyl (C=O) groups excluding carboxylic acids is 2. The molecule has 0 fully saturated rings. The highest BCUT2D eigenvalue weighted by Crippen LogP contribution is 2.36. The number of amides is 3. The maximum atomic E-state index is 13.2. The third-order valence-electron chi connectivity index (χ3n) is 6.30. The summed E-state index contributed by atoms with van der Waals surface area (Å²) in [5, 5.41) is 11.3. The number of H-pyrrole nitrogens is 1. The van der Waals surface area contributed by atoms with Crippen LogP contribution in [0.15, 0.2) is 72.9 Å². The van der Waals surface area contributed by atoms with Crippen LogP contribution in [0.4, 0.5) is 46.4 Å². The number of alkyl halides is 3. The van der Waals surface area contributed by atoms with Crippen LogP contribution in [0, 0.1) is 13.8 Å². The largest absolute Gasteiger partial charge is 0.416 e. The number of halogens is 3. The molecule has 0 saturated heterocycles. The lowest BCUT2D eigenvalue weighted by atomic mass is 10.1. The number of urea groups is 1. The fourth-order valence-electron chi connectivity index (χ4n) is 4.29. The number of anilines is 5. The molecule has 2 heterocycles. The Hall–Kier alpha value is -4.99. The molecule has 5 rings (SSSR count). The Balaban J connectivity index is 1.30. The number of benzene rings is 3. The van der Waals surface area contributed by atoms with Gasteiger partial charge >= 0.3 is 12.2 Å². The van der Waals surface area contributed by atoms with Crippen LogP contribution < -0.4 is 21.3 Å². The second-order valence-electron chi connectivity index (χ2n) is 9.16. The molecule has 1 aliphatic heterocycles. The van der Waals surface area contributed by atoms with E-state index in [4.69, 9.17) is 0 Å². The lowest BCUT2D eigenvalue weighted by Gasteiger charge is -2.15. The van der Waals surface area contributed by atoms with Crippen LogP contribution in [-0.2, 0) is 11.0 Å². The molecule has 3 amide bonds. The predicted molar refractivity (Wildman–Crippen MR) is 147 cm³/mol. The van der Waals surface area contributed by atoms with Crippen LogP contribution >= 0.6 is 0 Å². The van der Waals surface area contributed by atoms with Gasteiger partial charge in [-0.3, -0.25) is 4.79 Å². The number of aromatic amines is 1. The van der Waals surface area contributed by atoms with Gasteiger partial charge in [0.05, 0.1) is 16.8 Å². The van der Waals surface area contributed by atoms with E-state index in [-0.39, 0.29) is 17.2 Å². The fraction of sp³-hybridized carbons (Fsp3) is 0.103. The molecule has 7 nitrogen and oxygen atoms in total. The van der Waals surface area contributed by atoms with E-state index in [1.54, 1.807) is 30.5 Å². The Morgan fingerprint density at radius 1 is 0.872 bits per heavy atom. The van der Waals surface area contributed by atoms with Crippen LogP contribution in [0.25, 0.3) is 11.6 Å². The van der Waals surface area contributed by atoms with Gasteiger partial charge < -0.3 is 26.3 Å². The SMILES string of the molecule is Cc1ccc(NC(=O)Nc2ccc(C)c(C(F)(F)F)c2)cc1Nc1ccc2c(c1)NC(=O)/C2=C\c1ccc[nH]1. The van der Waals surface area contributed by atoms with Gasteiger partial charge in [0.15, 0.2) is 0 Å². The molecule has 0 unspecified atom stereocenters. The molecule has 39 heavy (non-hydrogen) atoms. The molecule has 1 aromatic heterocycles. The highest BCUT2D eigenvalue weighted by molar-refractivity contribution is 6.35. The summed E-state index contributed by atoms with van der Waals surface area (Å²) in [5.74, 6) is -0.193. The Bertz CT molecular complexity index is 1610. The lowest BCUT2D eigenvalue weighted by Crippen LogP contribution is -2.20. The number of aryl methyl sites for hydroxylation is 2. The van der Waals surface area contributed by atoms with Gasteiger partial charge in [-0.25, -0.2) is 4.79 Å². The van der Waals surface area contributed by atoms with Gasteiger partial charge in [-0.2, -0.15) is 13.2 Å². The quantitative estimate of drug-likeness (QED) is 0.172. The molecule has 0 aliphatic carbocycles. The number of hydrogen-bond acceptors (Lipinski definition) is 3. The predicted octanol–water partition coefficient (Wildman–Crippen LogP) is 7.53. The standard InChI is InChI=1S/C29H24F3N5O2/c1-16-5-7-19(13-24(16)29(30,31)32)35-28(39)36-21-8-6-17(2)25(14-21)34-20-9-10-22-23(12-18-4-3-11-33-18)27(38)37-26(22)15-20/h3-15,33-34H,1-2H3,(H,37,38)(H2,35,36,39)/b23-12-. The van der Waals surface area contributed by atoms with Crippen LogP contribution in [0.2, 0.25) is 0 Å². The van der Waals surface area contributed by atoms with Crippen molar-refractivity contribution in [2.75, 3.05) is 21.3 Å². The first-order valence-corrected chi connectivity index (χ1v) is 12.0. The molecule has 10 heteroatoms. The molecular formula is C29H24F3N5O2. The third kappa shape index (κ3) is 5.64. The zero-order valence-corrected chi connectivity index (χ0v) is 21.0. The van der Waals surface area contributed by atoms with Crippen molar-refractivity contribution in [3.05, 3.63) is 101 Å². The first-order valence-electron chi connectivity index (χ1n) is 12.0. The molecule has 5 N–H and O–H groups in total. The monoisotopic (exact) mass is 531 g/mol. The minimum atomic E-state index is -4.52. The zero-order chi connectivity index (χ0) is 27.7. The Labute approximate surface area is 222 Å². The van der Waals surface area contributed by atoms with E-state index in [2.05, 4.69) is 26.3 Å². The average Bonchev–Trinajstić information content (AvgIpc) is 3.49. The molecule has 4 aromatic rings. The maximum Gasteiger partial charge on any atom is 0.416 e. The molecule has 198 valence electrons. The van der Waals surface area contributed by atoms with E-state index in [0.29, 0.717) is 22.6 Å². The minimum absolute atomic E-state index is 0.0285. The van der Waals surface area contributed by atoms with Crippen molar-refractivity contribution in [1.29, 1.82) is 0 Å². The van der Waals surface area contributed by atoms with Gasteiger partial charge in [-0.05, 0) is 79.6 Å². The van der Waals surface area contributed by atoms with Crippen molar-refractivity contribution in [3.63, 3.8) is 0 Å². The van der Waals surface area contributed by atoms with E-state index >= 15 is 0 Å². The summed E-state index contributed by atoms with van der Waals surface area (Å²) in [6, 6.07) is 17.4. The number of aromatic nitrogens is 1. The molecule has 0 atom stereocenters. The van der Waals surface area contributed by atoms with Gasteiger partial charge in [0.25, 0.3) is 5.91 Å². The molecule has 0 saturated carbocycles. The minimum Gasteiger partial charge on any atom is -0.362 e. The van der Waals surface area contributed by atoms with E-state index in [9.17, 15) is 22.8 Å². The Morgan fingerprint density at radius 3 is 2.26 bits per heavy atom.